The van der Waals surface area contributed by atoms with Gasteiger partial charge in [-0.15, -0.1) is 10.2 Å². The second-order valence-electron chi connectivity index (χ2n) is 4.89. The molecule has 0 aromatic carbocycles. The molecule has 0 bridgehead atoms. The molecule has 0 unspecified atom stereocenters. The summed E-state index contributed by atoms with van der Waals surface area (Å²) in [7, 11) is 0. The van der Waals surface area contributed by atoms with Gasteiger partial charge >= 0.3 is 0 Å². The SMILES string of the molecule is CSc1nnc(CN2CCC(C3OCCO3)CC2)s1. The molecule has 1 aromatic rings. The Balaban J connectivity index is 1.47. The van der Waals surface area contributed by atoms with Crippen LogP contribution in [-0.4, -0.2) is 53.9 Å². The van der Waals surface area contributed by atoms with E-state index in [0.717, 1.165) is 55.0 Å². The number of hydrogen-bond acceptors (Lipinski definition) is 7. The molecule has 3 rings (SSSR count). The average Bonchev–Trinajstić information content (AvgIpc) is 3.10. The molecule has 1 aromatic heterocycles. The summed E-state index contributed by atoms with van der Waals surface area (Å²) in [6.45, 7) is 4.64. The van der Waals surface area contributed by atoms with Crippen LogP contribution in [0.15, 0.2) is 4.34 Å². The van der Waals surface area contributed by atoms with Crippen LogP contribution in [0.3, 0.4) is 0 Å². The van der Waals surface area contributed by atoms with Gasteiger partial charge in [0, 0.05) is 5.92 Å². The molecule has 0 saturated carbocycles. The fourth-order valence-corrected chi connectivity index (χ4v) is 3.96. The van der Waals surface area contributed by atoms with E-state index < -0.39 is 0 Å². The minimum atomic E-state index is 0.0479. The minimum Gasteiger partial charge on any atom is -0.350 e. The van der Waals surface area contributed by atoms with Crippen molar-refractivity contribution < 1.29 is 9.47 Å². The summed E-state index contributed by atoms with van der Waals surface area (Å²) in [6, 6.07) is 0. The number of nitrogens with zero attached hydrogens (tertiary/aromatic N) is 3. The first-order chi connectivity index (χ1) is 9.35. The first kappa shape index (κ1) is 13.8. The van der Waals surface area contributed by atoms with Crippen molar-refractivity contribution in [1.29, 1.82) is 0 Å². The third kappa shape index (κ3) is 3.46. The highest BCUT2D eigenvalue weighted by Gasteiger charge is 2.30. The Labute approximate surface area is 121 Å². The molecule has 106 valence electrons. The highest BCUT2D eigenvalue weighted by Crippen LogP contribution is 2.27. The van der Waals surface area contributed by atoms with Gasteiger partial charge in [0.1, 0.15) is 5.01 Å². The van der Waals surface area contributed by atoms with Crippen LogP contribution < -0.4 is 0 Å². The zero-order valence-electron chi connectivity index (χ0n) is 11.1. The molecule has 2 fully saturated rings. The van der Waals surface area contributed by atoms with E-state index in [0.29, 0.717) is 5.92 Å². The summed E-state index contributed by atoms with van der Waals surface area (Å²) in [4.78, 5) is 2.45. The Morgan fingerprint density at radius 2 is 2.00 bits per heavy atom. The second kappa shape index (κ2) is 6.49. The predicted molar refractivity (Wildman–Crippen MR) is 75.4 cm³/mol. The molecule has 2 aliphatic heterocycles. The molecule has 0 atom stereocenters. The third-order valence-electron chi connectivity index (χ3n) is 3.65. The lowest BCUT2D eigenvalue weighted by Gasteiger charge is -2.33. The maximum Gasteiger partial charge on any atom is 0.174 e. The van der Waals surface area contributed by atoms with E-state index in [1.807, 2.05) is 6.26 Å². The maximum atomic E-state index is 5.60. The summed E-state index contributed by atoms with van der Waals surface area (Å²) >= 11 is 3.36. The standard InChI is InChI=1S/C12H19N3O2S2/c1-18-12-14-13-10(19-12)8-15-4-2-9(3-5-15)11-16-6-7-17-11/h9,11H,2-8H2,1H3. The molecular formula is C12H19N3O2S2. The molecule has 0 radical (unpaired) electrons. The molecular weight excluding hydrogens is 282 g/mol. The fourth-order valence-electron chi connectivity index (χ4n) is 2.61. The third-order valence-corrected chi connectivity index (χ3v) is 5.53. The Morgan fingerprint density at radius 1 is 1.26 bits per heavy atom. The highest BCUT2D eigenvalue weighted by atomic mass is 32.2. The van der Waals surface area contributed by atoms with Crippen molar-refractivity contribution in [1.82, 2.24) is 15.1 Å². The van der Waals surface area contributed by atoms with Crippen molar-refractivity contribution in [2.24, 2.45) is 5.92 Å². The van der Waals surface area contributed by atoms with E-state index in [9.17, 15) is 0 Å². The summed E-state index contributed by atoms with van der Waals surface area (Å²) in [5, 5.41) is 9.50. The summed E-state index contributed by atoms with van der Waals surface area (Å²) in [6.07, 6.45) is 4.39. The van der Waals surface area contributed by atoms with Gasteiger partial charge in [-0.2, -0.15) is 0 Å². The number of piperidine rings is 1. The average molecular weight is 301 g/mol. The number of aromatic nitrogens is 2. The molecule has 0 amide bonds. The lowest BCUT2D eigenvalue weighted by atomic mass is 9.96. The predicted octanol–water partition coefficient (Wildman–Crippen LogP) is 1.84. The summed E-state index contributed by atoms with van der Waals surface area (Å²) in [5.41, 5.74) is 0. The van der Waals surface area contributed by atoms with Crippen LogP contribution in [0.1, 0.15) is 17.8 Å². The van der Waals surface area contributed by atoms with Crippen LogP contribution in [0, 0.1) is 5.92 Å². The Kier molecular flexibility index (Phi) is 4.70. The summed E-state index contributed by atoms with van der Waals surface area (Å²) < 4.78 is 12.3. The molecule has 7 heteroatoms. The minimum absolute atomic E-state index is 0.0479. The largest absolute Gasteiger partial charge is 0.350 e. The number of likely N-dealkylation sites (tertiary alicyclic amines) is 1. The first-order valence-electron chi connectivity index (χ1n) is 6.67. The van der Waals surface area contributed by atoms with Gasteiger partial charge in [0.2, 0.25) is 0 Å². The van der Waals surface area contributed by atoms with E-state index in [-0.39, 0.29) is 6.29 Å². The van der Waals surface area contributed by atoms with Crippen molar-refractivity contribution in [3.8, 4) is 0 Å². The van der Waals surface area contributed by atoms with Gasteiger partial charge in [0.25, 0.3) is 0 Å². The van der Waals surface area contributed by atoms with Crippen LogP contribution >= 0.6 is 23.1 Å². The molecule has 0 spiro atoms. The van der Waals surface area contributed by atoms with Gasteiger partial charge in [0.15, 0.2) is 10.6 Å². The smallest absolute Gasteiger partial charge is 0.174 e. The van der Waals surface area contributed by atoms with E-state index in [1.165, 1.54) is 0 Å². The first-order valence-corrected chi connectivity index (χ1v) is 8.71. The van der Waals surface area contributed by atoms with Crippen LogP contribution in [0.25, 0.3) is 0 Å². The monoisotopic (exact) mass is 301 g/mol. The molecule has 3 heterocycles. The molecule has 0 aliphatic carbocycles. The molecule has 2 aliphatic rings. The second-order valence-corrected chi connectivity index (χ2v) is 7.00. The van der Waals surface area contributed by atoms with E-state index in [2.05, 4.69) is 15.1 Å². The topological polar surface area (TPSA) is 47.5 Å². The molecule has 2 saturated heterocycles. The normalized spacial score (nSPS) is 23.2. The number of ether oxygens (including phenoxy) is 2. The molecule has 0 N–H and O–H groups in total. The van der Waals surface area contributed by atoms with Gasteiger partial charge in [-0.3, -0.25) is 4.90 Å². The fraction of sp³-hybridized carbons (Fsp3) is 0.833. The lowest BCUT2D eigenvalue weighted by Crippen LogP contribution is -2.37. The quantitative estimate of drug-likeness (QED) is 0.791. The lowest BCUT2D eigenvalue weighted by molar-refractivity contribution is -0.0977. The van der Waals surface area contributed by atoms with E-state index in [1.54, 1.807) is 23.1 Å². The van der Waals surface area contributed by atoms with Crippen molar-refractivity contribution in [2.45, 2.75) is 30.0 Å². The zero-order valence-corrected chi connectivity index (χ0v) is 12.7. The van der Waals surface area contributed by atoms with Gasteiger partial charge in [-0.1, -0.05) is 23.1 Å². The Bertz CT molecular complexity index is 401. The van der Waals surface area contributed by atoms with E-state index in [4.69, 9.17) is 9.47 Å². The van der Waals surface area contributed by atoms with Crippen LogP contribution in [0.2, 0.25) is 0 Å². The van der Waals surface area contributed by atoms with Gasteiger partial charge in [-0.05, 0) is 32.2 Å². The van der Waals surface area contributed by atoms with Gasteiger partial charge in [0.05, 0.1) is 19.8 Å². The summed E-state index contributed by atoms with van der Waals surface area (Å²) in [5.74, 6) is 0.565. The number of hydrogen-bond donors (Lipinski definition) is 0. The maximum absolute atomic E-state index is 5.60. The van der Waals surface area contributed by atoms with Gasteiger partial charge in [-0.25, -0.2) is 0 Å². The van der Waals surface area contributed by atoms with Crippen LogP contribution in [0.4, 0.5) is 0 Å². The van der Waals surface area contributed by atoms with E-state index >= 15 is 0 Å². The van der Waals surface area contributed by atoms with Crippen LogP contribution in [0.5, 0.6) is 0 Å². The Morgan fingerprint density at radius 3 is 2.63 bits per heavy atom. The van der Waals surface area contributed by atoms with Crippen LogP contribution in [-0.2, 0) is 16.0 Å². The van der Waals surface area contributed by atoms with Crippen molar-refractivity contribution in [3.63, 3.8) is 0 Å². The number of thioether (sulfide) groups is 1. The van der Waals surface area contributed by atoms with Crippen molar-refractivity contribution >= 4 is 23.1 Å². The zero-order chi connectivity index (χ0) is 13.1. The van der Waals surface area contributed by atoms with Crippen molar-refractivity contribution in [3.05, 3.63) is 5.01 Å². The van der Waals surface area contributed by atoms with Gasteiger partial charge < -0.3 is 9.47 Å². The van der Waals surface area contributed by atoms with Crippen molar-refractivity contribution in [2.75, 3.05) is 32.6 Å². The Hall–Kier alpha value is -0.210. The molecule has 5 nitrogen and oxygen atoms in total. The highest BCUT2D eigenvalue weighted by molar-refractivity contribution is 8.00. The number of rotatable bonds is 4. The molecule has 19 heavy (non-hydrogen) atoms.